The number of para-hydroxylation sites is 1. The fourth-order valence-electron chi connectivity index (χ4n) is 3.06. The lowest BCUT2D eigenvalue weighted by molar-refractivity contribution is 0.211. The van der Waals surface area contributed by atoms with E-state index in [1.165, 1.54) is 42.1 Å². The molecule has 0 aromatic heterocycles. The summed E-state index contributed by atoms with van der Waals surface area (Å²) in [4.78, 5) is 3.91. The lowest BCUT2D eigenvalue weighted by Gasteiger charge is -2.33. The van der Waals surface area contributed by atoms with Crippen molar-refractivity contribution in [1.82, 2.24) is 4.90 Å². The number of benzene rings is 2. The summed E-state index contributed by atoms with van der Waals surface area (Å²) in [5, 5.41) is 3.74. The molecule has 0 bridgehead atoms. The molecule has 0 radical (unpaired) electrons. The van der Waals surface area contributed by atoms with Crippen molar-refractivity contribution in [3.63, 3.8) is 0 Å². The van der Waals surface area contributed by atoms with E-state index in [1.807, 2.05) is 11.8 Å². The summed E-state index contributed by atoms with van der Waals surface area (Å²) >= 11 is 1.81. The molecule has 1 saturated heterocycles. The molecule has 1 aliphatic heterocycles. The van der Waals surface area contributed by atoms with Crippen LogP contribution in [-0.4, -0.2) is 30.3 Å². The van der Waals surface area contributed by atoms with Gasteiger partial charge in [0.05, 0.1) is 0 Å². The van der Waals surface area contributed by atoms with Gasteiger partial charge >= 0.3 is 0 Å². The Kier molecular flexibility index (Phi) is 5.41. The predicted octanol–water partition coefficient (Wildman–Crippen LogP) is 4.49. The molecular formula is C19H24N2S. The Morgan fingerprint density at radius 1 is 1.00 bits per heavy atom. The van der Waals surface area contributed by atoms with Gasteiger partial charge in [-0.25, -0.2) is 0 Å². The molecule has 2 nitrogen and oxygen atoms in total. The van der Waals surface area contributed by atoms with Crippen LogP contribution >= 0.6 is 11.8 Å². The van der Waals surface area contributed by atoms with E-state index in [9.17, 15) is 0 Å². The van der Waals surface area contributed by atoms with Gasteiger partial charge in [-0.1, -0.05) is 42.5 Å². The summed E-state index contributed by atoms with van der Waals surface area (Å²) in [5.41, 5.74) is 2.71. The summed E-state index contributed by atoms with van der Waals surface area (Å²) in [5.74, 6) is 0. The van der Waals surface area contributed by atoms with Crippen molar-refractivity contribution in [3.8, 4) is 0 Å². The van der Waals surface area contributed by atoms with Crippen molar-refractivity contribution >= 4 is 17.4 Å². The van der Waals surface area contributed by atoms with Crippen molar-refractivity contribution in [2.45, 2.75) is 30.3 Å². The molecule has 116 valence electrons. The van der Waals surface area contributed by atoms with Crippen LogP contribution < -0.4 is 5.32 Å². The quantitative estimate of drug-likeness (QED) is 0.819. The average Bonchev–Trinajstić information content (AvgIpc) is 2.58. The third-order valence-corrected chi connectivity index (χ3v) is 5.10. The maximum absolute atomic E-state index is 3.74. The van der Waals surface area contributed by atoms with Crippen LogP contribution in [0, 0.1) is 0 Å². The Bertz CT molecular complexity index is 577. The van der Waals surface area contributed by atoms with Gasteiger partial charge in [-0.3, -0.25) is 4.90 Å². The van der Waals surface area contributed by atoms with Gasteiger partial charge in [0, 0.05) is 36.3 Å². The van der Waals surface area contributed by atoms with E-state index in [-0.39, 0.29) is 0 Å². The van der Waals surface area contributed by atoms with Crippen molar-refractivity contribution in [1.29, 1.82) is 0 Å². The highest BCUT2D eigenvalue weighted by Gasteiger charge is 2.19. The van der Waals surface area contributed by atoms with E-state index in [4.69, 9.17) is 0 Å². The number of likely N-dealkylation sites (tertiary alicyclic amines) is 1. The molecule has 0 saturated carbocycles. The highest BCUT2D eigenvalue weighted by Crippen LogP contribution is 2.27. The van der Waals surface area contributed by atoms with Gasteiger partial charge in [-0.05, 0) is 36.8 Å². The van der Waals surface area contributed by atoms with Crippen LogP contribution in [0.5, 0.6) is 0 Å². The minimum Gasteiger partial charge on any atom is -0.381 e. The number of piperidine rings is 1. The van der Waals surface area contributed by atoms with E-state index in [2.05, 4.69) is 71.1 Å². The summed E-state index contributed by atoms with van der Waals surface area (Å²) < 4.78 is 0. The number of hydrogen-bond donors (Lipinski definition) is 1. The van der Waals surface area contributed by atoms with Crippen LogP contribution in [-0.2, 0) is 6.54 Å². The average molecular weight is 312 g/mol. The van der Waals surface area contributed by atoms with Gasteiger partial charge in [0.1, 0.15) is 0 Å². The predicted molar refractivity (Wildman–Crippen MR) is 96.6 cm³/mol. The summed E-state index contributed by atoms with van der Waals surface area (Å²) in [6.45, 7) is 3.43. The van der Waals surface area contributed by atoms with Gasteiger partial charge in [-0.15, -0.1) is 11.8 Å². The standard InChI is InChI=1S/C19H24N2S/c1-22-19-10-6-5-9-18(19)20-17-11-13-21(14-12-17)15-16-7-3-2-4-8-16/h2-10,17,20H,11-15H2,1H3. The summed E-state index contributed by atoms with van der Waals surface area (Å²) in [7, 11) is 0. The Hall–Kier alpha value is -1.45. The lowest BCUT2D eigenvalue weighted by Crippen LogP contribution is -2.38. The zero-order chi connectivity index (χ0) is 15.2. The lowest BCUT2D eigenvalue weighted by atomic mass is 10.0. The van der Waals surface area contributed by atoms with Gasteiger partial charge in [0.15, 0.2) is 0 Å². The van der Waals surface area contributed by atoms with Crippen molar-refractivity contribution in [2.75, 3.05) is 24.7 Å². The van der Waals surface area contributed by atoms with Crippen LogP contribution in [0.25, 0.3) is 0 Å². The molecule has 0 aliphatic carbocycles. The molecule has 22 heavy (non-hydrogen) atoms. The fourth-order valence-corrected chi connectivity index (χ4v) is 3.62. The molecule has 1 N–H and O–H groups in total. The number of nitrogens with one attached hydrogen (secondary N) is 1. The fraction of sp³-hybridized carbons (Fsp3) is 0.368. The molecule has 1 heterocycles. The normalized spacial score (nSPS) is 16.6. The van der Waals surface area contributed by atoms with E-state index in [0.29, 0.717) is 6.04 Å². The van der Waals surface area contributed by atoms with Gasteiger partial charge in [-0.2, -0.15) is 0 Å². The Morgan fingerprint density at radius 2 is 1.68 bits per heavy atom. The number of hydrogen-bond acceptors (Lipinski definition) is 3. The van der Waals surface area contributed by atoms with E-state index >= 15 is 0 Å². The molecule has 0 unspecified atom stereocenters. The van der Waals surface area contributed by atoms with Gasteiger partial charge < -0.3 is 5.32 Å². The van der Waals surface area contributed by atoms with Crippen LogP contribution in [0.3, 0.4) is 0 Å². The first-order valence-corrected chi connectivity index (χ1v) is 9.23. The Balaban J connectivity index is 1.51. The summed E-state index contributed by atoms with van der Waals surface area (Å²) in [6, 6.07) is 20.0. The van der Waals surface area contributed by atoms with Crippen molar-refractivity contribution in [3.05, 3.63) is 60.2 Å². The van der Waals surface area contributed by atoms with E-state index in [0.717, 1.165) is 6.54 Å². The zero-order valence-corrected chi connectivity index (χ0v) is 14.0. The SMILES string of the molecule is CSc1ccccc1NC1CCN(Cc2ccccc2)CC1. The molecule has 2 aromatic rings. The second-order valence-corrected chi connectivity index (χ2v) is 6.73. The maximum Gasteiger partial charge on any atom is 0.0480 e. The number of anilines is 1. The second kappa shape index (κ2) is 7.70. The van der Waals surface area contributed by atoms with Crippen LogP contribution in [0.15, 0.2) is 59.5 Å². The molecule has 2 aromatic carbocycles. The van der Waals surface area contributed by atoms with Crippen LogP contribution in [0.1, 0.15) is 18.4 Å². The molecule has 0 atom stereocenters. The van der Waals surface area contributed by atoms with Crippen LogP contribution in [0.4, 0.5) is 5.69 Å². The smallest absolute Gasteiger partial charge is 0.0480 e. The largest absolute Gasteiger partial charge is 0.381 e. The Labute approximate surface area is 137 Å². The first kappa shape index (κ1) is 15.4. The van der Waals surface area contributed by atoms with Crippen molar-refractivity contribution in [2.24, 2.45) is 0 Å². The van der Waals surface area contributed by atoms with Gasteiger partial charge in [0.25, 0.3) is 0 Å². The minimum atomic E-state index is 0.598. The monoisotopic (exact) mass is 312 g/mol. The zero-order valence-electron chi connectivity index (χ0n) is 13.2. The minimum absolute atomic E-state index is 0.598. The molecule has 3 heteroatoms. The first-order valence-electron chi connectivity index (χ1n) is 8.01. The molecule has 1 fully saturated rings. The third-order valence-electron chi connectivity index (χ3n) is 4.30. The first-order chi connectivity index (χ1) is 10.8. The van der Waals surface area contributed by atoms with Crippen LogP contribution in [0.2, 0.25) is 0 Å². The van der Waals surface area contributed by atoms with E-state index < -0.39 is 0 Å². The molecule has 3 rings (SSSR count). The highest BCUT2D eigenvalue weighted by atomic mass is 32.2. The number of nitrogens with zero attached hydrogens (tertiary/aromatic N) is 1. The Morgan fingerprint density at radius 3 is 2.41 bits per heavy atom. The molecule has 0 amide bonds. The third kappa shape index (κ3) is 4.05. The second-order valence-electron chi connectivity index (χ2n) is 5.88. The molecular weight excluding hydrogens is 288 g/mol. The van der Waals surface area contributed by atoms with Gasteiger partial charge in [0.2, 0.25) is 0 Å². The van der Waals surface area contributed by atoms with Crippen molar-refractivity contribution < 1.29 is 0 Å². The summed E-state index contributed by atoms with van der Waals surface area (Å²) in [6.07, 6.45) is 4.58. The maximum atomic E-state index is 3.74. The number of rotatable bonds is 5. The molecule has 1 aliphatic rings. The van der Waals surface area contributed by atoms with E-state index in [1.54, 1.807) is 0 Å². The highest BCUT2D eigenvalue weighted by molar-refractivity contribution is 7.98. The number of thioether (sulfide) groups is 1. The topological polar surface area (TPSA) is 15.3 Å². The molecule has 0 spiro atoms.